The highest BCUT2D eigenvalue weighted by Crippen LogP contribution is 2.23. The van der Waals surface area contributed by atoms with Crippen molar-refractivity contribution >= 4 is 15.9 Å². The van der Waals surface area contributed by atoms with Crippen LogP contribution in [0.5, 0.6) is 0 Å². The molecule has 1 aromatic carbocycles. The third-order valence-electron chi connectivity index (χ3n) is 6.10. The zero-order valence-electron chi connectivity index (χ0n) is 18.3. The van der Waals surface area contributed by atoms with Gasteiger partial charge in [0.05, 0.1) is 4.90 Å². The largest absolute Gasteiger partial charge is 0.347 e. The first-order chi connectivity index (χ1) is 15.5. The highest BCUT2D eigenvalue weighted by atomic mass is 32.2. The van der Waals surface area contributed by atoms with Crippen LogP contribution in [-0.4, -0.2) is 72.9 Å². The molecular weight excluding hydrogens is 430 g/mol. The van der Waals surface area contributed by atoms with Crippen LogP contribution < -0.4 is 5.32 Å². The lowest BCUT2D eigenvalue weighted by molar-refractivity contribution is 0.0904. The molecule has 0 atom stereocenters. The molecular formula is C22H31N5O4S. The molecule has 9 nitrogen and oxygen atoms in total. The fourth-order valence-corrected chi connectivity index (χ4v) is 5.74. The molecule has 1 aromatic heterocycles. The van der Waals surface area contributed by atoms with Gasteiger partial charge in [0.1, 0.15) is 0 Å². The monoisotopic (exact) mass is 461 g/mol. The number of hydrogen-bond acceptors (Lipinski definition) is 7. The molecule has 2 aliphatic heterocycles. The molecule has 4 rings (SSSR count). The number of piperidine rings is 1. The predicted octanol–water partition coefficient (Wildman–Crippen LogP) is 2.52. The zero-order chi connectivity index (χ0) is 22.4. The number of hydrogen-bond donors (Lipinski definition) is 1. The summed E-state index contributed by atoms with van der Waals surface area (Å²) in [5.74, 6) is -0.242. The summed E-state index contributed by atoms with van der Waals surface area (Å²) in [4.78, 5) is 19.1. The van der Waals surface area contributed by atoms with Crippen LogP contribution in [-0.2, 0) is 10.0 Å². The molecule has 10 heteroatoms. The first kappa shape index (κ1) is 22.9. The molecule has 0 radical (unpaired) electrons. The average Bonchev–Trinajstić information content (AvgIpc) is 3.18. The van der Waals surface area contributed by atoms with Crippen LogP contribution >= 0.6 is 0 Å². The number of benzene rings is 1. The molecule has 1 amide bonds. The Morgan fingerprint density at radius 1 is 0.938 bits per heavy atom. The summed E-state index contributed by atoms with van der Waals surface area (Å²) in [6.45, 7) is 4.60. The summed E-state index contributed by atoms with van der Waals surface area (Å²) in [5, 5.41) is 6.72. The minimum absolute atomic E-state index is 0.0964. The number of nitrogens with one attached hydrogen (secondary N) is 1. The Bertz CT molecular complexity index is 992. The molecule has 2 saturated heterocycles. The van der Waals surface area contributed by atoms with Crippen molar-refractivity contribution in [2.24, 2.45) is 0 Å². The SMILES string of the molecule is O=C(NCCN1CCCCCC1)c1nc(-c2ccc(S(=O)(=O)N3CCCCC3)cc2)no1. The highest BCUT2D eigenvalue weighted by Gasteiger charge is 2.26. The molecule has 0 spiro atoms. The van der Waals surface area contributed by atoms with E-state index >= 15 is 0 Å². The van der Waals surface area contributed by atoms with Gasteiger partial charge in [0.15, 0.2) is 0 Å². The van der Waals surface area contributed by atoms with Crippen molar-refractivity contribution in [2.45, 2.75) is 49.8 Å². The maximum atomic E-state index is 12.8. The minimum Gasteiger partial charge on any atom is -0.347 e. The normalized spacial score (nSPS) is 18.9. The summed E-state index contributed by atoms with van der Waals surface area (Å²) >= 11 is 0. The first-order valence-electron chi connectivity index (χ1n) is 11.5. The lowest BCUT2D eigenvalue weighted by Crippen LogP contribution is -2.35. The lowest BCUT2D eigenvalue weighted by Gasteiger charge is -2.25. The minimum atomic E-state index is -3.49. The quantitative estimate of drug-likeness (QED) is 0.675. The van der Waals surface area contributed by atoms with Gasteiger partial charge in [0, 0.05) is 31.7 Å². The molecule has 0 bridgehead atoms. The Morgan fingerprint density at radius 2 is 1.56 bits per heavy atom. The van der Waals surface area contributed by atoms with Gasteiger partial charge in [-0.1, -0.05) is 24.4 Å². The third-order valence-corrected chi connectivity index (χ3v) is 8.01. The Kier molecular flexibility index (Phi) is 7.54. The Morgan fingerprint density at radius 3 is 2.25 bits per heavy atom. The molecule has 3 heterocycles. The van der Waals surface area contributed by atoms with Gasteiger partial charge < -0.3 is 14.7 Å². The van der Waals surface area contributed by atoms with E-state index in [9.17, 15) is 13.2 Å². The van der Waals surface area contributed by atoms with E-state index in [0.29, 0.717) is 25.2 Å². The fraction of sp³-hybridized carbons (Fsp3) is 0.591. The van der Waals surface area contributed by atoms with Gasteiger partial charge >= 0.3 is 11.8 Å². The van der Waals surface area contributed by atoms with Gasteiger partial charge in [0.25, 0.3) is 0 Å². The van der Waals surface area contributed by atoms with Crippen LogP contribution in [0.25, 0.3) is 11.4 Å². The van der Waals surface area contributed by atoms with Gasteiger partial charge in [-0.3, -0.25) is 4.79 Å². The number of sulfonamides is 1. The zero-order valence-corrected chi connectivity index (χ0v) is 19.1. The topological polar surface area (TPSA) is 109 Å². The van der Waals surface area contributed by atoms with E-state index in [0.717, 1.165) is 38.9 Å². The number of likely N-dealkylation sites (tertiary alicyclic amines) is 1. The summed E-state index contributed by atoms with van der Waals surface area (Å²) in [6.07, 6.45) is 7.82. The van der Waals surface area contributed by atoms with Crippen molar-refractivity contribution < 1.29 is 17.7 Å². The van der Waals surface area contributed by atoms with Crippen LogP contribution in [0.1, 0.15) is 55.6 Å². The fourth-order valence-electron chi connectivity index (χ4n) is 4.23. The van der Waals surface area contributed by atoms with Gasteiger partial charge in [-0.15, -0.1) is 0 Å². The van der Waals surface area contributed by atoms with E-state index in [1.165, 1.54) is 30.0 Å². The summed E-state index contributed by atoms with van der Waals surface area (Å²) in [6, 6.07) is 6.39. The number of rotatable bonds is 7. The second-order valence-corrected chi connectivity index (χ2v) is 10.4. The molecule has 0 aliphatic carbocycles. The van der Waals surface area contributed by atoms with Gasteiger partial charge in [-0.2, -0.15) is 9.29 Å². The number of nitrogens with zero attached hydrogens (tertiary/aromatic N) is 4. The van der Waals surface area contributed by atoms with Gasteiger partial charge in [-0.25, -0.2) is 8.42 Å². The molecule has 0 unspecified atom stereocenters. The van der Waals surface area contributed by atoms with E-state index < -0.39 is 15.9 Å². The smallest absolute Gasteiger partial charge is 0.316 e. The summed E-state index contributed by atoms with van der Waals surface area (Å²) < 4.78 is 32.2. The third kappa shape index (κ3) is 5.54. The second kappa shape index (κ2) is 10.5. The summed E-state index contributed by atoms with van der Waals surface area (Å²) in [7, 11) is -3.49. The average molecular weight is 462 g/mol. The van der Waals surface area contributed by atoms with E-state index in [4.69, 9.17) is 4.52 Å². The maximum Gasteiger partial charge on any atom is 0.316 e. The van der Waals surface area contributed by atoms with Crippen LogP contribution in [0.15, 0.2) is 33.7 Å². The van der Waals surface area contributed by atoms with Crippen LogP contribution in [0.4, 0.5) is 0 Å². The van der Waals surface area contributed by atoms with E-state index in [1.54, 1.807) is 24.3 Å². The van der Waals surface area contributed by atoms with E-state index in [1.807, 2.05) is 0 Å². The first-order valence-corrected chi connectivity index (χ1v) is 12.9. The molecule has 2 fully saturated rings. The molecule has 2 aliphatic rings. The van der Waals surface area contributed by atoms with E-state index in [-0.39, 0.29) is 16.6 Å². The Labute approximate surface area is 189 Å². The number of carbonyl (C=O) groups excluding carboxylic acids is 1. The number of amides is 1. The van der Waals surface area contributed by atoms with Crippen molar-refractivity contribution in [1.29, 1.82) is 0 Å². The Balaban J connectivity index is 1.34. The second-order valence-electron chi connectivity index (χ2n) is 8.42. The molecule has 174 valence electrons. The highest BCUT2D eigenvalue weighted by molar-refractivity contribution is 7.89. The number of aromatic nitrogens is 2. The standard InChI is InChI=1S/C22H31N5O4S/c28-21(23-12-17-26-13-4-1-2-5-14-26)22-24-20(25-31-22)18-8-10-19(11-9-18)32(29,30)27-15-6-3-7-16-27/h8-11H,1-7,12-17H2,(H,23,28). The number of carbonyl (C=O) groups is 1. The lowest BCUT2D eigenvalue weighted by atomic mass is 10.2. The maximum absolute atomic E-state index is 12.8. The van der Waals surface area contributed by atoms with Gasteiger partial charge in [0.2, 0.25) is 15.8 Å². The van der Waals surface area contributed by atoms with Crippen molar-refractivity contribution in [2.75, 3.05) is 39.3 Å². The van der Waals surface area contributed by atoms with Crippen molar-refractivity contribution in [3.8, 4) is 11.4 Å². The van der Waals surface area contributed by atoms with Crippen LogP contribution in [0.3, 0.4) is 0 Å². The van der Waals surface area contributed by atoms with Crippen LogP contribution in [0.2, 0.25) is 0 Å². The van der Waals surface area contributed by atoms with Crippen molar-refractivity contribution in [1.82, 2.24) is 24.7 Å². The Hall–Kier alpha value is -2.30. The van der Waals surface area contributed by atoms with Crippen LogP contribution in [0, 0.1) is 0 Å². The van der Waals surface area contributed by atoms with Gasteiger partial charge in [-0.05, 0) is 63.0 Å². The molecule has 0 saturated carbocycles. The molecule has 32 heavy (non-hydrogen) atoms. The van der Waals surface area contributed by atoms with E-state index in [2.05, 4.69) is 20.4 Å². The van der Waals surface area contributed by atoms with Crippen molar-refractivity contribution in [3.05, 3.63) is 30.2 Å². The predicted molar refractivity (Wildman–Crippen MR) is 120 cm³/mol. The molecule has 1 N–H and O–H groups in total. The summed E-state index contributed by atoms with van der Waals surface area (Å²) in [5.41, 5.74) is 0.593. The van der Waals surface area contributed by atoms with Crippen molar-refractivity contribution in [3.63, 3.8) is 0 Å². The molecule has 2 aromatic rings.